The third kappa shape index (κ3) is 19.3. The molecule has 6 N–H and O–H groups in total. The Hall–Kier alpha value is 3.05. The van der Waals surface area contributed by atoms with Gasteiger partial charge in [0.15, 0.2) is 0 Å². The Morgan fingerprint density at radius 3 is 0.400 bits per heavy atom. The zero-order valence-corrected chi connectivity index (χ0v) is 7.11. The van der Waals surface area contributed by atoms with Crippen molar-refractivity contribution in [3.63, 3.8) is 0 Å². The van der Waals surface area contributed by atoms with Crippen LogP contribution >= 0.6 is 0 Å². The van der Waals surface area contributed by atoms with E-state index in [1.54, 1.807) is 0 Å². The first-order valence-corrected chi connectivity index (χ1v) is 0. The second kappa shape index (κ2) is 27.7. The van der Waals surface area contributed by atoms with Crippen LogP contribution < -0.4 is 0 Å². The van der Waals surface area contributed by atoms with Crippen molar-refractivity contribution in [1.82, 2.24) is 0 Å². The molecule has 3 nitrogen and oxygen atoms in total. The molecule has 0 heterocycles. The van der Waals surface area contributed by atoms with Gasteiger partial charge in [0, 0.05) is 98.8 Å². The Bertz CT molecular complexity index is 4.85. The van der Waals surface area contributed by atoms with E-state index in [9.17, 15) is 0 Å². The maximum absolute atomic E-state index is 0. The van der Waals surface area contributed by atoms with Gasteiger partial charge in [-0.15, -0.1) is 0 Å². The van der Waals surface area contributed by atoms with Crippen molar-refractivity contribution in [1.29, 1.82) is 0 Å². The van der Waals surface area contributed by atoms with Gasteiger partial charge in [-0.2, -0.15) is 0 Å². The standard InChI is InChI=1S/2Eu.3H2O/h;;3*1H2. The second-order valence-electron chi connectivity index (χ2n) is 0. The summed E-state index contributed by atoms with van der Waals surface area (Å²) in [5.74, 6) is 0. The van der Waals surface area contributed by atoms with E-state index in [2.05, 4.69) is 0 Å². The zero-order chi connectivity index (χ0) is 0. The molecule has 0 saturated heterocycles. The normalized spacial score (nSPS) is 0. The number of hydrogen-bond donors (Lipinski definition) is 0. The molecular weight excluding hydrogens is 352 g/mol. The van der Waals surface area contributed by atoms with E-state index >= 15 is 0 Å². The minimum atomic E-state index is 0. The van der Waals surface area contributed by atoms with Crippen LogP contribution in [0.25, 0.3) is 0 Å². The van der Waals surface area contributed by atoms with Crippen LogP contribution in [-0.4, -0.2) is 16.4 Å². The molecule has 0 aliphatic rings. The van der Waals surface area contributed by atoms with Crippen molar-refractivity contribution in [3.05, 3.63) is 0 Å². The van der Waals surface area contributed by atoms with Crippen LogP contribution in [-0.2, 0) is 0 Å². The van der Waals surface area contributed by atoms with Gasteiger partial charge >= 0.3 is 0 Å². The first-order chi connectivity index (χ1) is 0. The fraction of sp³-hybridized carbons (Fsp3) is 0. The summed E-state index contributed by atoms with van der Waals surface area (Å²) >= 11 is 0. The quantitative estimate of drug-likeness (QED) is 0.459. The largest absolute Gasteiger partial charge is 0.412 e. The second-order valence-corrected chi connectivity index (χ2v) is 0. The monoisotopic (exact) mass is 360 g/mol. The first kappa shape index (κ1) is 43.0. The van der Waals surface area contributed by atoms with E-state index in [-0.39, 0.29) is 115 Å². The molecule has 5 heteroatoms. The van der Waals surface area contributed by atoms with Gasteiger partial charge in [0.25, 0.3) is 0 Å². The maximum Gasteiger partial charge on any atom is 0 e. The smallest absolute Gasteiger partial charge is 0 e. The molecule has 0 aliphatic heterocycles. The topological polar surface area (TPSA) is 94.5 Å². The van der Waals surface area contributed by atoms with Crippen molar-refractivity contribution in [2.24, 2.45) is 0 Å². The van der Waals surface area contributed by atoms with E-state index in [1.807, 2.05) is 0 Å². The van der Waals surface area contributed by atoms with Gasteiger partial charge in [0.1, 0.15) is 0 Å². The number of hydrogen-bond acceptors (Lipinski definition) is 0. The van der Waals surface area contributed by atoms with E-state index in [0.717, 1.165) is 0 Å². The fourth-order valence-corrected chi connectivity index (χ4v) is 0. The Morgan fingerprint density at radius 2 is 0.400 bits per heavy atom. The molecule has 0 aromatic carbocycles. The molecule has 5 heavy (non-hydrogen) atoms. The molecule has 2 radical (unpaired) electrons. The number of rotatable bonds is 0. The SMILES string of the molecule is O.O.O.[Eu].[Eu]. The van der Waals surface area contributed by atoms with Crippen LogP contribution in [0.5, 0.6) is 0 Å². The molecule has 0 aromatic rings. The third-order valence-corrected chi connectivity index (χ3v) is 0. The minimum Gasteiger partial charge on any atom is -0.412 e. The molecule has 38 valence electrons. The maximum atomic E-state index is 0. The summed E-state index contributed by atoms with van der Waals surface area (Å²) in [5.41, 5.74) is 0. The van der Waals surface area contributed by atoms with Gasteiger partial charge in [-0.25, -0.2) is 0 Å². The van der Waals surface area contributed by atoms with Gasteiger partial charge in [0.05, 0.1) is 0 Å². The van der Waals surface area contributed by atoms with Gasteiger partial charge in [-0.05, 0) is 0 Å². The molecule has 0 atom stereocenters. The minimum absolute atomic E-state index is 0. The molecule has 0 saturated carbocycles. The third-order valence-electron chi connectivity index (χ3n) is 0. The molecule has 0 rings (SSSR count). The summed E-state index contributed by atoms with van der Waals surface area (Å²) in [5, 5.41) is 0. The molecule has 0 bridgehead atoms. The molecular formula is H6Eu2O3. The van der Waals surface area contributed by atoms with Crippen molar-refractivity contribution in [2.75, 3.05) is 0 Å². The Morgan fingerprint density at radius 1 is 0.400 bits per heavy atom. The molecule has 0 unspecified atom stereocenters. The Labute approximate surface area is 112 Å². The van der Waals surface area contributed by atoms with E-state index in [4.69, 9.17) is 0 Å². The first-order valence-electron chi connectivity index (χ1n) is 0. The predicted molar refractivity (Wildman–Crippen MR) is 10.8 cm³/mol. The molecule has 0 fully saturated rings. The van der Waals surface area contributed by atoms with Crippen LogP contribution in [0.15, 0.2) is 0 Å². The van der Waals surface area contributed by atoms with Crippen molar-refractivity contribution >= 4 is 0 Å². The molecule has 0 amide bonds. The summed E-state index contributed by atoms with van der Waals surface area (Å²) in [4.78, 5) is 0. The van der Waals surface area contributed by atoms with Crippen molar-refractivity contribution in [2.45, 2.75) is 0 Å². The Kier molecular flexibility index (Phi) is 239. The van der Waals surface area contributed by atoms with Gasteiger partial charge in [0.2, 0.25) is 0 Å². The fourth-order valence-electron chi connectivity index (χ4n) is 0. The average Bonchev–Trinajstić information content (AvgIpc) is 0. The summed E-state index contributed by atoms with van der Waals surface area (Å²) in [6.07, 6.45) is 0. The van der Waals surface area contributed by atoms with Gasteiger partial charge in [-0.3, -0.25) is 0 Å². The van der Waals surface area contributed by atoms with Crippen molar-refractivity contribution < 1.29 is 115 Å². The van der Waals surface area contributed by atoms with Crippen LogP contribution in [0, 0.1) is 98.8 Å². The van der Waals surface area contributed by atoms with Crippen LogP contribution in [0.2, 0.25) is 0 Å². The van der Waals surface area contributed by atoms with Gasteiger partial charge in [-0.1, -0.05) is 0 Å². The van der Waals surface area contributed by atoms with Crippen molar-refractivity contribution in [3.8, 4) is 0 Å². The van der Waals surface area contributed by atoms with Gasteiger partial charge < -0.3 is 16.4 Å². The zero-order valence-electron chi connectivity index (χ0n) is 2.26. The van der Waals surface area contributed by atoms with Crippen LogP contribution in [0.3, 0.4) is 0 Å². The van der Waals surface area contributed by atoms with E-state index in [1.165, 1.54) is 0 Å². The predicted octanol–water partition coefficient (Wildman–Crippen LogP) is -2.47. The molecule has 0 spiro atoms. The molecule has 0 aromatic heterocycles. The van der Waals surface area contributed by atoms with Crippen LogP contribution in [0.4, 0.5) is 0 Å². The summed E-state index contributed by atoms with van der Waals surface area (Å²) in [7, 11) is 0. The summed E-state index contributed by atoms with van der Waals surface area (Å²) in [6.45, 7) is 0. The van der Waals surface area contributed by atoms with E-state index in [0.29, 0.717) is 0 Å². The summed E-state index contributed by atoms with van der Waals surface area (Å²) in [6, 6.07) is 0. The average molecular weight is 358 g/mol. The van der Waals surface area contributed by atoms with Crippen LogP contribution in [0.1, 0.15) is 0 Å². The molecule has 0 aliphatic carbocycles. The summed E-state index contributed by atoms with van der Waals surface area (Å²) < 4.78 is 0. The Balaban J connectivity index is 0. The van der Waals surface area contributed by atoms with E-state index < -0.39 is 0 Å².